The molecule has 2 aromatic rings. The van der Waals surface area contributed by atoms with Crippen molar-refractivity contribution in [3.05, 3.63) is 52.2 Å². The van der Waals surface area contributed by atoms with Crippen molar-refractivity contribution in [2.75, 3.05) is 13.1 Å². The first-order chi connectivity index (χ1) is 13.0. The SMILES string of the molecule is O=C(NC1CCN(C2CC2)C1)c1ccc(S(=O)(=O)NCc2cccs2)cc1. The van der Waals surface area contributed by atoms with Crippen LogP contribution in [0, 0.1) is 0 Å². The lowest BCUT2D eigenvalue weighted by Crippen LogP contribution is -2.37. The minimum absolute atomic E-state index is 0.145. The summed E-state index contributed by atoms with van der Waals surface area (Å²) in [7, 11) is -3.59. The van der Waals surface area contributed by atoms with Gasteiger partial charge in [-0.1, -0.05) is 6.07 Å². The molecule has 2 heterocycles. The molecule has 2 aliphatic rings. The number of thiophene rings is 1. The van der Waals surface area contributed by atoms with Crippen molar-refractivity contribution in [3.8, 4) is 0 Å². The van der Waals surface area contributed by atoms with Crippen LogP contribution in [0.1, 0.15) is 34.5 Å². The lowest BCUT2D eigenvalue weighted by atomic mass is 10.2. The van der Waals surface area contributed by atoms with Crippen LogP contribution in [-0.4, -0.2) is 44.4 Å². The monoisotopic (exact) mass is 405 g/mol. The summed E-state index contributed by atoms with van der Waals surface area (Å²) in [6.45, 7) is 2.22. The lowest BCUT2D eigenvalue weighted by Gasteiger charge is -2.16. The summed E-state index contributed by atoms with van der Waals surface area (Å²) in [5.41, 5.74) is 0.483. The van der Waals surface area contributed by atoms with E-state index in [1.807, 2.05) is 17.5 Å². The average molecular weight is 406 g/mol. The van der Waals surface area contributed by atoms with Crippen molar-refractivity contribution < 1.29 is 13.2 Å². The molecule has 1 amide bonds. The predicted octanol–water partition coefficient (Wildman–Crippen LogP) is 2.19. The second kappa shape index (κ2) is 7.71. The van der Waals surface area contributed by atoms with E-state index in [0.717, 1.165) is 30.4 Å². The highest BCUT2D eigenvalue weighted by Gasteiger charge is 2.34. The van der Waals surface area contributed by atoms with Crippen molar-refractivity contribution in [3.63, 3.8) is 0 Å². The zero-order chi connectivity index (χ0) is 18.9. The number of hydrogen-bond acceptors (Lipinski definition) is 5. The number of rotatable bonds is 7. The van der Waals surface area contributed by atoms with Gasteiger partial charge >= 0.3 is 0 Å². The van der Waals surface area contributed by atoms with Gasteiger partial charge in [0.25, 0.3) is 5.91 Å². The van der Waals surface area contributed by atoms with Crippen LogP contribution in [0.25, 0.3) is 0 Å². The lowest BCUT2D eigenvalue weighted by molar-refractivity contribution is 0.0937. The van der Waals surface area contributed by atoms with Gasteiger partial charge in [0.15, 0.2) is 0 Å². The number of likely N-dealkylation sites (tertiary alicyclic amines) is 1. The Morgan fingerprint density at radius 1 is 1.15 bits per heavy atom. The molecule has 2 fully saturated rings. The molecule has 0 bridgehead atoms. The van der Waals surface area contributed by atoms with Gasteiger partial charge in [0.2, 0.25) is 10.0 Å². The number of sulfonamides is 1. The van der Waals surface area contributed by atoms with Crippen LogP contribution >= 0.6 is 11.3 Å². The van der Waals surface area contributed by atoms with E-state index in [-0.39, 0.29) is 23.4 Å². The molecule has 4 rings (SSSR count). The van der Waals surface area contributed by atoms with Gasteiger partial charge in [0, 0.05) is 42.2 Å². The number of carbonyl (C=O) groups is 1. The first kappa shape index (κ1) is 18.6. The second-order valence-electron chi connectivity index (χ2n) is 7.11. The number of carbonyl (C=O) groups excluding carboxylic acids is 1. The largest absolute Gasteiger partial charge is 0.348 e. The van der Waals surface area contributed by atoms with E-state index in [1.54, 1.807) is 12.1 Å². The van der Waals surface area contributed by atoms with E-state index in [0.29, 0.717) is 5.56 Å². The first-order valence-corrected chi connectivity index (χ1v) is 11.5. The fraction of sp³-hybridized carbons (Fsp3) is 0.421. The van der Waals surface area contributed by atoms with E-state index < -0.39 is 10.0 Å². The first-order valence-electron chi connectivity index (χ1n) is 9.18. The summed E-state index contributed by atoms with van der Waals surface area (Å²) in [6, 6.07) is 10.8. The van der Waals surface area contributed by atoms with Gasteiger partial charge in [-0.2, -0.15) is 0 Å². The van der Waals surface area contributed by atoms with E-state index >= 15 is 0 Å². The molecule has 1 atom stereocenters. The molecule has 1 saturated heterocycles. The van der Waals surface area contributed by atoms with Crippen LogP contribution in [0.2, 0.25) is 0 Å². The molecule has 8 heteroatoms. The summed E-state index contributed by atoms with van der Waals surface area (Å²) < 4.78 is 27.3. The number of nitrogens with zero attached hydrogens (tertiary/aromatic N) is 1. The molecule has 0 spiro atoms. The Labute approximate surface area is 163 Å². The number of benzene rings is 1. The van der Waals surface area contributed by atoms with Gasteiger partial charge in [-0.3, -0.25) is 9.69 Å². The summed E-state index contributed by atoms with van der Waals surface area (Å²) in [5.74, 6) is -0.145. The molecule has 6 nitrogen and oxygen atoms in total. The highest BCUT2D eigenvalue weighted by Crippen LogP contribution is 2.29. The third kappa shape index (κ3) is 4.57. The second-order valence-corrected chi connectivity index (χ2v) is 9.91. The third-order valence-electron chi connectivity index (χ3n) is 5.06. The predicted molar refractivity (Wildman–Crippen MR) is 105 cm³/mol. The maximum absolute atomic E-state index is 12.4. The standard InChI is InChI=1S/C19H23N3O3S2/c23-19(21-15-9-10-22(13-15)16-5-6-16)14-3-7-18(8-4-14)27(24,25)20-12-17-2-1-11-26-17/h1-4,7-8,11,15-16,20H,5-6,9-10,12-13H2,(H,21,23). The smallest absolute Gasteiger partial charge is 0.251 e. The fourth-order valence-electron chi connectivity index (χ4n) is 3.39. The van der Waals surface area contributed by atoms with Crippen LogP contribution in [-0.2, 0) is 16.6 Å². The molecule has 1 aromatic heterocycles. The molecule has 27 heavy (non-hydrogen) atoms. The molecule has 1 saturated carbocycles. The van der Waals surface area contributed by atoms with Crippen LogP contribution in [0.4, 0.5) is 0 Å². The Hall–Kier alpha value is -1.74. The van der Waals surface area contributed by atoms with Crippen molar-refractivity contribution >= 4 is 27.3 Å². The quantitative estimate of drug-likeness (QED) is 0.740. The van der Waals surface area contributed by atoms with E-state index in [9.17, 15) is 13.2 Å². The summed E-state index contributed by atoms with van der Waals surface area (Å²) in [5, 5.41) is 4.97. The summed E-state index contributed by atoms with van der Waals surface area (Å²) in [4.78, 5) is 16.0. The van der Waals surface area contributed by atoms with Crippen LogP contribution in [0.5, 0.6) is 0 Å². The molecule has 1 aliphatic heterocycles. The molecule has 1 unspecified atom stereocenters. The van der Waals surface area contributed by atoms with E-state index in [2.05, 4.69) is 14.9 Å². The van der Waals surface area contributed by atoms with Gasteiger partial charge in [0.05, 0.1) is 4.90 Å². The molecule has 0 radical (unpaired) electrons. The van der Waals surface area contributed by atoms with E-state index in [1.165, 1.54) is 36.3 Å². The van der Waals surface area contributed by atoms with Gasteiger partial charge < -0.3 is 5.32 Å². The van der Waals surface area contributed by atoms with Crippen molar-refractivity contribution in [2.45, 2.75) is 42.8 Å². The number of hydrogen-bond donors (Lipinski definition) is 2. The Bertz CT molecular complexity index is 891. The minimum Gasteiger partial charge on any atom is -0.348 e. The van der Waals surface area contributed by atoms with Crippen LogP contribution in [0.3, 0.4) is 0 Å². The highest BCUT2D eigenvalue weighted by atomic mass is 32.2. The Morgan fingerprint density at radius 2 is 1.93 bits per heavy atom. The molecular formula is C19H23N3O3S2. The highest BCUT2D eigenvalue weighted by molar-refractivity contribution is 7.89. The molecule has 1 aromatic carbocycles. The van der Waals surface area contributed by atoms with E-state index in [4.69, 9.17) is 0 Å². The topological polar surface area (TPSA) is 78.5 Å². The summed E-state index contributed by atoms with van der Waals surface area (Å²) in [6.07, 6.45) is 3.52. The number of amides is 1. The Morgan fingerprint density at radius 3 is 2.59 bits per heavy atom. The molecule has 2 N–H and O–H groups in total. The number of nitrogens with one attached hydrogen (secondary N) is 2. The zero-order valence-corrected chi connectivity index (χ0v) is 16.6. The van der Waals surface area contributed by atoms with Crippen molar-refractivity contribution in [2.24, 2.45) is 0 Å². The Kier molecular flexibility index (Phi) is 5.32. The average Bonchev–Trinajstić information content (AvgIpc) is 3.18. The molecule has 144 valence electrons. The fourth-order valence-corrected chi connectivity index (χ4v) is 5.14. The zero-order valence-electron chi connectivity index (χ0n) is 14.9. The third-order valence-corrected chi connectivity index (χ3v) is 7.36. The van der Waals surface area contributed by atoms with Crippen molar-refractivity contribution in [1.29, 1.82) is 0 Å². The molecular weight excluding hydrogens is 382 g/mol. The van der Waals surface area contributed by atoms with Crippen molar-refractivity contribution in [1.82, 2.24) is 14.9 Å². The van der Waals surface area contributed by atoms with Crippen LogP contribution in [0.15, 0.2) is 46.7 Å². The van der Waals surface area contributed by atoms with Gasteiger partial charge in [-0.15, -0.1) is 11.3 Å². The maximum Gasteiger partial charge on any atom is 0.251 e. The molecule has 1 aliphatic carbocycles. The maximum atomic E-state index is 12.4. The van der Waals surface area contributed by atoms with Crippen LogP contribution < -0.4 is 10.0 Å². The van der Waals surface area contributed by atoms with Gasteiger partial charge in [0.1, 0.15) is 0 Å². The van der Waals surface area contributed by atoms with Gasteiger partial charge in [-0.25, -0.2) is 13.1 Å². The Balaban J connectivity index is 1.34. The summed E-state index contributed by atoms with van der Waals surface area (Å²) >= 11 is 1.50. The normalized spacial score (nSPS) is 20.7. The minimum atomic E-state index is -3.59. The van der Waals surface area contributed by atoms with Gasteiger partial charge in [-0.05, 0) is 55.0 Å².